The van der Waals surface area contributed by atoms with Gasteiger partial charge in [0.05, 0.1) is 0 Å². The number of rotatable bonds is 10. The van der Waals surface area contributed by atoms with Crippen molar-refractivity contribution in [3.05, 3.63) is 131 Å². The Kier molecular flexibility index (Phi) is 7.64. The molecule has 0 atom stereocenters. The first-order valence-corrected chi connectivity index (χ1v) is 10.6. The maximum Gasteiger partial charge on any atom is -0.00258 e. The zero-order valence-corrected chi connectivity index (χ0v) is 17.7. The van der Waals surface area contributed by atoms with Crippen molar-refractivity contribution in [1.29, 1.82) is 0 Å². The Bertz CT molecular complexity index is 909. The second kappa shape index (κ2) is 10.6. The van der Waals surface area contributed by atoms with Crippen LogP contribution in [-0.2, 0) is 32.1 Å². The molecule has 0 unspecified atom stereocenters. The fraction of sp³-hybridized carbons (Fsp3) is 0.241. The van der Waals surface area contributed by atoms with Gasteiger partial charge in [-0.2, -0.15) is 0 Å². The third-order valence-electron chi connectivity index (χ3n) is 5.29. The molecule has 0 aromatic heterocycles. The van der Waals surface area contributed by atoms with Crippen LogP contribution in [0.4, 0.5) is 0 Å². The summed E-state index contributed by atoms with van der Waals surface area (Å²) in [7, 11) is 0. The van der Waals surface area contributed by atoms with Crippen LogP contribution in [-0.4, -0.2) is 0 Å². The van der Waals surface area contributed by atoms with Crippen molar-refractivity contribution in [2.75, 3.05) is 0 Å². The second-order valence-electron chi connectivity index (χ2n) is 8.11. The van der Waals surface area contributed by atoms with E-state index in [1.165, 1.54) is 45.4 Å². The zero-order chi connectivity index (χ0) is 20.5. The van der Waals surface area contributed by atoms with Crippen LogP contribution in [0.3, 0.4) is 0 Å². The van der Waals surface area contributed by atoms with Gasteiger partial charge in [0, 0.05) is 0 Å². The molecule has 0 nitrogen and oxygen atoms in total. The van der Waals surface area contributed by atoms with E-state index >= 15 is 0 Å². The first kappa shape index (κ1) is 20.9. The number of allylic oxidation sites excluding steroid dienone is 2. The van der Waals surface area contributed by atoms with E-state index in [9.17, 15) is 0 Å². The average molecular weight is 381 g/mol. The molecule has 0 heterocycles. The van der Waals surface area contributed by atoms with Crippen LogP contribution >= 0.6 is 0 Å². The molecule has 0 saturated heterocycles. The van der Waals surface area contributed by atoms with Crippen LogP contribution in [0.5, 0.6) is 0 Å². The topological polar surface area (TPSA) is 0 Å². The van der Waals surface area contributed by atoms with Gasteiger partial charge in [-0.3, -0.25) is 0 Å². The van der Waals surface area contributed by atoms with E-state index in [1.807, 2.05) is 6.08 Å². The quantitative estimate of drug-likeness (QED) is 0.324. The molecule has 3 rings (SSSR count). The highest BCUT2D eigenvalue weighted by Crippen LogP contribution is 2.15. The lowest BCUT2D eigenvalue weighted by atomic mass is 9.99. The molecule has 0 spiro atoms. The van der Waals surface area contributed by atoms with Crippen molar-refractivity contribution in [1.82, 2.24) is 0 Å². The second-order valence-corrected chi connectivity index (χ2v) is 8.11. The molecule has 0 saturated carbocycles. The van der Waals surface area contributed by atoms with E-state index < -0.39 is 0 Å². The lowest BCUT2D eigenvalue weighted by molar-refractivity contribution is 0.819. The Labute approximate surface area is 176 Å². The lowest BCUT2D eigenvalue weighted by Crippen LogP contribution is -1.93. The monoisotopic (exact) mass is 380 g/mol. The summed E-state index contributed by atoms with van der Waals surface area (Å²) in [6, 6.07) is 27.0. The Morgan fingerprint density at radius 2 is 1.07 bits per heavy atom. The number of aryl methyl sites for hydroxylation is 2. The van der Waals surface area contributed by atoms with Gasteiger partial charge in [0.1, 0.15) is 0 Å². The van der Waals surface area contributed by atoms with Gasteiger partial charge in [0.2, 0.25) is 0 Å². The highest BCUT2D eigenvalue weighted by atomic mass is 14.1. The summed E-state index contributed by atoms with van der Waals surface area (Å²) in [6.07, 6.45) is 8.31. The highest BCUT2D eigenvalue weighted by Gasteiger charge is 2.00. The molecule has 0 bridgehead atoms. The molecule has 148 valence electrons. The van der Waals surface area contributed by atoms with Crippen LogP contribution in [0, 0.1) is 0 Å². The fourth-order valence-electron chi connectivity index (χ4n) is 3.69. The molecule has 0 heteroatoms. The predicted molar refractivity (Wildman–Crippen MR) is 127 cm³/mol. The first-order valence-electron chi connectivity index (χ1n) is 10.6. The van der Waals surface area contributed by atoms with E-state index in [2.05, 4.69) is 92.9 Å². The number of benzene rings is 3. The summed E-state index contributed by atoms with van der Waals surface area (Å²) < 4.78 is 0. The summed E-state index contributed by atoms with van der Waals surface area (Å²) in [5.41, 5.74) is 9.47. The van der Waals surface area contributed by atoms with Crippen molar-refractivity contribution in [3.8, 4) is 0 Å². The van der Waals surface area contributed by atoms with Crippen LogP contribution in [0.1, 0.15) is 46.7 Å². The summed E-state index contributed by atoms with van der Waals surface area (Å²) in [4.78, 5) is 0. The maximum absolute atomic E-state index is 3.99. The zero-order valence-electron chi connectivity index (χ0n) is 17.7. The van der Waals surface area contributed by atoms with Crippen molar-refractivity contribution in [3.63, 3.8) is 0 Å². The molecule has 0 fully saturated rings. The molecular formula is C29H32. The molecule has 29 heavy (non-hydrogen) atoms. The molecule has 3 aromatic rings. The Balaban J connectivity index is 1.47. The highest BCUT2D eigenvalue weighted by molar-refractivity contribution is 5.32. The predicted octanol–water partition coefficient (Wildman–Crippen LogP) is 7.30. The molecule has 0 aliphatic heterocycles. The van der Waals surface area contributed by atoms with E-state index in [1.54, 1.807) is 0 Å². The largest absolute Gasteiger partial charge is 0.103 e. The van der Waals surface area contributed by atoms with E-state index in [0.29, 0.717) is 0 Å². The van der Waals surface area contributed by atoms with Crippen molar-refractivity contribution < 1.29 is 0 Å². The van der Waals surface area contributed by atoms with Crippen LogP contribution in [0.15, 0.2) is 97.6 Å². The summed E-state index contributed by atoms with van der Waals surface area (Å²) >= 11 is 0. The number of hydrogen-bond donors (Lipinski definition) is 0. The Hall–Kier alpha value is -2.86. The standard InChI is InChI=1S/C29H32/c1-4-6-24-9-11-25(12-10-24)7-5-8-26-13-15-28(16-14-26)22-29-19-17-27(18-20-29)21-23(2)3/h4,9-20H,1-2,5-8,21-22H2,3H3. The molecular weight excluding hydrogens is 348 g/mol. The van der Waals surface area contributed by atoms with Crippen LogP contribution < -0.4 is 0 Å². The van der Waals surface area contributed by atoms with Gasteiger partial charge in [0.15, 0.2) is 0 Å². The number of hydrogen-bond acceptors (Lipinski definition) is 0. The lowest BCUT2D eigenvalue weighted by Gasteiger charge is -2.07. The van der Waals surface area contributed by atoms with Crippen LogP contribution in [0.25, 0.3) is 0 Å². The van der Waals surface area contributed by atoms with Gasteiger partial charge in [-0.15, -0.1) is 6.58 Å². The molecule has 0 N–H and O–H groups in total. The van der Waals surface area contributed by atoms with Gasteiger partial charge < -0.3 is 0 Å². The molecule has 0 amide bonds. The Morgan fingerprint density at radius 3 is 1.52 bits per heavy atom. The van der Waals surface area contributed by atoms with E-state index in [0.717, 1.165) is 32.1 Å². The minimum atomic E-state index is 0.950. The van der Waals surface area contributed by atoms with Gasteiger partial charge in [-0.25, -0.2) is 0 Å². The van der Waals surface area contributed by atoms with Crippen LogP contribution in [0.2, 0.25) is 0 Å². The molecule has 3 aromatic carbocycles. The minimum Gasteiger partial charge on any atom is -0.103 e. The van der Waals surface area contributed by atoms with E-state index in [4.69, 9.17) is 0 Å². The van der Waals surface area contributed by atoms with Gasteiger partial charge in [0.25, 0.3) is 0 Å². The van der Waals surface area contributed by atoms with Crippen molar-refractivity contribution >= 4 is 0 Å². The van der Waals surface area contributed by atoms with Crippen molar-refractivity contribution in [2.24, 2.45) is 0 Å². The fourth-order valence-corrected chi connectivity index (χ4v) is 3.69. The molecule has 0 radical (unpaired) electrons. The smallest absolute Gasteiger partial charge is 0.00258 e. The van der Waals surface area contributed by atoms with E-state index in [-0.39, 0.29) is 0 Å². The molecule has 0 aliphatic carbocycles. The van der Waals surface area contributed by atoms with Gasteiger partial charge in [-0.05, 0) is 78.8 Å². The van der Waals surface area contributed by atoms with Gasteiger partial charge in [-0.1, -0.05) is 91.0 Å². The minimum absolute atomic E-state index is 0.950. The SMILES string of the molecule is C=CCc1ccc(CCCc2ccc(Cc3ccc(CC(=C)C)cc3)cc2)cc1. The summed E-state index contributed by atoms with van der Waals surface area (Å²) in [6.45, 7) is 9.87. The Morgan fingerprint density at radius 1 is 0.655 bits per heavy atom. The average Bonchev–Trinajstić information content (AvgIpc) is 2.72. The first-order chi connectivity index (χ1) is 14.1. The normalized spacial score (nSPS) is 10.7. The maximum atomic E-state index is 3.99. The third-order valence-corrected chi connectivity index (χ3v) is 5.29. The third kappa shape index (κ3) is 6.91. The van der Waals surface area contributed by atoms with Crippen molar-refractivity contribution in [2.45, 2.75) is 45.4 Å². The summed E-state index contributed by atoms with van der Waals surface area (Å²) in [5.74, 6) is 0. The van der Waals surface area contributed by atoms with Gasteiger partial charge >= 0.3 is 0 Å². The summed E-state index contributed by atoms with van der Waals surface area (Å²) in [5, 5.41) is 0. The molecule has 0 aliphatic rings.